The van der Waals surface area contributed by atoms with Gasteiger partial charge in [-0.1, -0.05) is 30.3 Å². The second-order valence-corrected chi connectivity index (χ2v) is 6.07. The standard InChI is InChI=1S/C18H17N5O2/c19-17-21-16(11-5-2-1-3-6-11)23-13-10-15-14(24-7-4-8-25-15)9-12(13)20-18(23)22-17/h1-3,5-6,9-10,16H,4,7-8H2,(H3,19,20,21,22)/t16-/m1/s1. The van der Waals surface area contributed by atoms with Crippen molar-refractivity contribution in [2.75, 3.05) is 18.5 Å². The molecule has 0 saturated carbocycles. The van der Waals surface area contributed by atoms with E-state index in [9.17, 15) is 0 Å². The summed E-state index contributed by atoms with van der Waals surface area (Å²) in [7, 11) is 0. The normalized spacial score (nSPS) is 18.9. The molecule has 3 aromatic rings. The lowest BCUT2D eigenvalue weighted by Gasteiger charge is -2.23. The van der Waals surface area contributed by atoms with Gasteiger partial charge in [0.25, 0.3) is 0 Å². The topological polar surface area (TPSA) is 86.7 Å². The number of ether oxygens (including phenoxy) is 2. The summed E-state index contributed by atoms with van der Waals surface area (Å²) in [6, 6.07) is 13.9. The fourth-order valence-corrected chi connectivity index (χ4v) is 3.27. The largest absolute Gasteiger partial charge is 0.489 e. The molecule has 1 atom stereocenters. The first-order valence-corrected chi connectivity index (χ1v) is 8.26. The van der Waals surface area contributed by atoms with Crippen molar-refractivity contribution in [3.05, 3.63) is 48.0 Å². The summed E-state index contributed by atoms with van der Waals surface area (Å²) in [5, 5.41) is 3.05. The molecule has 5 rings (SSSR count). The molecular weight excluding hydrogens is 318 g/mol. The first-order chi connectivity index (χ1) is 12.3. The predicted octanol–water partition coefficient (Wildman–Crippen LogP) is 2.48. The molecule has 3 N–H and O–H groups in total. The van der Waals surface area contributed by atoms with Gasteiger partial charge in [-0.15, -0.1) is 0 Å². The number of guanidine groups is 1. The van der Waals surface area contributed by atoms with Gasteiger partial charge in [0.05, 0.1) is 24.2 Å². The van der Waals surface area contributed by atoms with Crippen molar-refractivity contribution in [2.45, 2.75) is 12.6 Å². The number of nitrogens with one attached hydrogen (secondary N) is 1. The molecule has 1 aromatic heterocycles. The molecule has 0 fully saturated rings. The molecule has 2 aliphatic rings. The number of rotatable bonds is 1. The highest BCUT2D eigenvalue weighted by atomic mass is 16.5. The third kappa shape index (κ3) is 2.27. The molecule has 126 valence electrons. The van der Waals surface area contributed by atoms with Gasteiger partial charge in [-0.25, -0.2) is 9.98 Å². The van der Waals surface area contributed by atoms with E-state index in [1.54, 1.807) is 0 Å². The minimum Gasteiger partial charge on any atom is -0.489 e. The van der Waals surface area contributed by atoms with Crippen LogP contribution in [0.4, 0.5) is 5.95 Å². The lowest BCUT2D eigenvalue weighted by atomic mass is 10.1. The number of fused-ring (bicyclic) bond motifs is 4. The highest BCUT2D eigenvalue weighted by molar-refractivity contribution is 5.95. The molecule has 0 radical (unpaired) electrons. The Hall–Kier alpha value is -3.22. The molecule has 0 saturated heterocycles. The van der Waals surface area contributed by atoms with Crippen LogP contribution in [0.25, 0.3) is 11.0 Å². The molecule has 2 aliphatic heterocycles. The summed E-state index contributed by atoms with van der Waals surface area (Å²) < 4.78 is 13.6. The van der Waals surface area contributed by atoms with E-state index in [1.807, 2.05) is 47.0 Å². The van der Waals surface area contributed by atoms with Crippen LogP contribution >= 0.6 is 0 Å². The molecule has 3 heterocycles. The Labute approximate surface area is 144 Å². The van der Waals surface area contributed by atoms with Crippen LogP contribution in [0.15, 0.2) is 47.5 Å². The minimum atomic E-state index is -0.271. The van der Waals surface area contributed by atoms with Crippen molar-refractivity contribution in [1.29, 1.82) is 0 Å². The van der Waals surface area contributed by atoms with Crippen molar-refractivity contribution in [1.82, 2.24) is 9.55 Å². The van der Waals surface area contributed by atoms with Gasteiger partial charge in [-0.3, -0.25) is 9.88 Å². The maximum absolute atomic E-state index is 5.98. The number of imidazole rings is 1. The highest BCUT2D eigenvalue weighted by Gasteiger charge is 2.26. The van der Waals surface area contributed by atoms with Gasteiger partial charge in [0.15, 0.2) is 23.6 Å². The van der Waals surface area contributed by atoms with Crippen molar-refractivity contribution < 1.29 is 9.47 Å². The van der Waals surface area contributed by atoms with Gasteiger partial charge in [0.1, 0.15) is 0 Å². The lowest BCUT2D eigenvalue weighted by molar-refractivity contribution is 0.297. The summed E-state index contributed by atoms with van der Waals surface area (Å²) in [6.45, 7) is 1.29. The summed E-state index contributed by atoms with van der Waals surface area (Å²) in [6.07, 6.45) is 0.597. The van der Waals surface area contributed by atoms with Gasteiger partial charge < -0.3 is 15.2 Å². The molecule has 0 amide bonds. The first kappa shape index (κ1) is 14.2. The average Bonchev–Trinajstić information content (AvgIpc) is 2.81. The fraction of sp³-hybridized carbons (Fsp3) is 0.222. The van der Waals surface area contributed by atoms with Crippen LogP contribution < -0.4 is 20.5 Å². The third-order valence-corrected chi connectivity index (χ3v) is 4.40. The SMILES string of the molecule is NC1=N[C@@H](c2ccccc2)n2c(nc3cc4c(cc32)OCCCO4)N1. The number of aromatic nitrogens is 2. The van der Waals surface area contributed by atoms with Crippen molar-refractivity contribution in [2.24, 2.45) is 10.7 Å². The zero-order valence-corrected chi connectivity index (χ0v) is 13.5. The summed E-state index contributed by atoms with van der Waals surface area (Å²) in [5.74, 6) is 2.48. The second-order valence-electron chi connectivity index (χ2n) is 6.07. The van der Waals surface area contributed by atoms with E-state index < -0.39 is 0 Å². The number of hydrogen-bond donors (Lipinski definition) is 2. The number of aliphatic imine (C=N–C) groups is 1. The molecule has 0 unspecified atom stereocenters. The molecule has 7 heteroatoms. The predicted molar refractivity (Wildman–Crippen MR) is 95.2 cm³/mol. The zero-order valence-electron chi connectivity index (χ0n) is 13.5. The highest BCUT2D eigenvalue weighted by Crippen LogP contribution is 2.38. The molecule has 0 spiro atoms. The Balaban J connectivity index is 1.72. The van der Waals surface area contributed by atoms with Gasteiger partial charge >= 0.3 is 0 Å². The maximum Gasteiger partial charge on any atom is 0.212 e. The first-order valence-electron chi connectivity index (χ1n) is 8.26. The third-order valence-electron chi connectivity index (χ3n) is 4.40. The second kappa shape index (κ2) is 5.41. The summed E-state index contributed by atoms with van der Waals surface area (Å²) in [5.41, 5.74) is 8.76. The Kier molecular flexibility index (Phi) is 3.06. The average molecular weight is 335 g/mol. The molecule has 0 bridgehead atoms. The van der Waals surface area contributed by atoms with E-state index in [4.69, 9.17) is 15.2 Å². The Morgan fingerprint density at radius 2 is 1.84 bits per heavy atom. The van der Waals surface area contributed by atoms with Crippen LogP contribution in [0, 0.1) is 0 Å². The molecular formula is C18H17N5O2. The van der Waals surface area contributed by atoms with E-state index in [0.717, 1.165) is 34.5 Å². The number of benzene rings is 2. The van der Waals surface area contributed by atoms with Crippen LogP contribution in [0.2, 0.25) is 0 Å². The van der Waals surface area contributed by atoms with E-state index in [2.05, 4.69) is 15.3 Å². The van der Waals surface area contributed by atoms with Crippen molar-refractivity contribution in [3.63, 3.8) is 0 Å². The van der Waals surface area contributed by atoms with E-state index in [0.29, 0.717) is 25.1 Å². The quantitative estimate of drug-likeness (QED) is 0.713. The monoisotopic (exact) mass is 335 g/mol. The van der Waals surface area contributed by atoms with E-state index in [1.165, 1.54) is 0 Å². The number of nitrogens with two attached hydrogens (primary N) is 1. The molecule has 0 aliphatic carbocycles. The molecule has 2 aromatic carbocycles. The summed E-state index contributed by atoms with van der Waals surface area (Å²) >= 11 is 0. The fourth-order valence-electron chi connectivity index (χ4n) is 3.27. The van der Waals surface area contributed by atoms with Crippen molar-refractivity contribution in [3.8, 4) is 11.5 Å². The van der Waals surface area contributed by atoms with Gasteiger partial charge in [0.2, 0.25) is 5.95 Å². The van der Waals surface area contributed by atoms with Crippen LogP contribution in [0.1, 0.15) is 18.2 Å². The van der Waals surface area contributed by atoms with Crippen LogP contribution in [0.3, 0.4) is 0 Å². The zero-order chi connectivity index (χ0) is 16.8. The van der Waals surface area contributed by atoms with Gasteiger partial charge in [-0.2, -0.15) is 0 Å². The van der Waals surface area contributed by atoms with Gasteiger partial charge in [0, 0.05) is 18.6 Å². The minimum absolute atomic E-state index is 0.271. The Morgan fingerprint density at radius 1 is 1.08 bits per heavy atom. The van der Waals surface area contributed by atoms with E-state index >= 15 is 0 Å². The smallest absolute Gasteiger partial charge is 0.212 e. The number of hydrogen-bond acceptors (Lipinski definition) is 6. The van der Waals surface area contributed by atoms with Crippen LogP contribution in [-0.2, 0) is 0 Å². The van der Waals surface area contributed by atoms with Crippen molar-refractivity contribution >= 4 is 22.9 Å². The van der Waals surface area contributed by atoms with Crippen LogP contribution in [-0.4, -0.2) is 28.7 Å². The van der Waals surface area contributed by atoms with Crippen LogP contribution in [0.5, 0.6) is 11.5 Å². The molecule has 7 nitrogen and oxygen atoms in total. The molecule has 25 heavy (non-hydrogen) atoms. The van der Waals surface area contributed by atoms with Gasteiger partial charge in [-0.05, 0) is 5.56 Å². The lowest BCUT2D eigenvalue weighted by Crippen LogP contribution is -2.31. The summed E-state index contributed by atoms with van der Waals surface area (Å²) in [4.78, 5) is 9.25. The number of nitrogens with zero attached hydrogens (tertiary/aromatic N) is 3. The maximum atomic E-state index is 5.98. The Morgan fingerprint density at radius 3 is 2.64 bits per heavy atom. The van der Waals surface area contributed by atoms with E-state index in [-0.39, 0.29) is 6.17 Å². The number of anilines is 1. The Bertz CT molecular complexity index is 980.